The first-order valence-electron chi connectivity index (χ1n) is 6.66. The van der Waals surface area contributed by atoms with Gasteiger partial charge in [-0.2, -0.15) is 0 Å². The Kier molecular flexibility index (Phi) is 6.83. The molecule has 1 aromatic carbocycles. The van der Waals surface area contributed by atoms with E-state index in [1.165, 1.54) is 24.3 Å². The minimum absolute atomic E-state index is 0.00903. The third-order valence-corrected chi connectivity index (χ3v) is 2.97. The second-order valence-electron chi connectivity index (χ2n) is 4.29. The van der Waals surface area contributed by atoms with Crippen molar-refractivity contribution in [1.82, 2.24) is 4.90 Å². The number of hydrogen-bond acceptors (Lipinski definition) is 5. The first-order chi connectivity index (χ1) is 9.58. The van der Waals surface area contributed by atoms with E-state index in [1.807, 2.05) is 18.7 Å². The highest BCUT2D eigenvalue weighted by Crippen LogP contribution is 2.12. The van der Waals surface area contributed by atoms with Crippen LogP contribution < -0.4 is 0 Å². The zero-order chi connectivity index (χ0) is 15.0. The Bertz CT molecular complexity index is 445. The maximum Gasteiger partial charge on any atom is 0.269 e. The number of hydrogen-bond donors (Lipinski definition) is 0. The molecular weight excluding hydrogens is 260 g/mol. The normalized spacial score (nSPS) is 10.8. The van der Waals surface area contributed by atoms with Crippen molar-refractivity contribution in [3.05, 3.63) is 39.9 Å². The molecule has 0 bridgehead atoms. The van der Waals surface area contributed by atoms with Gasteiger partial charge in [-0.1, -0.05) is 6.92 Å². The van der Waals surface area contributed by atoms with Crippen LogP contribution in [0.4, 0.5) is 5.69 Å². The van der Waals surface area contributed by atoms with Crippen LogP contribution in [-0.2, 0) is 4.74 Å². The third kappa shape index (κ3) is 5.07. The van der Waals surface area contributed by atoms with E-state index in [1.54, 1.807) is 0 Å². The Morgan fingerprint density at radius 3 is 2.45 bits per heavy atom. The fourth-order valence-corrected chi connectivity index (χ4v) is 1.75. The summed E-state index contributed by atoms with van der Waals surface area (Å²) in [4.78, 5) is 24.1. The van der Waals surface area contributed by atoms with Gasteiger partial charge in [-0.3, -0.25) is 19.8 Å². The van der Waals surface area contributed by atoms with Gasteiger partial charge in [0.05, 0.1) is 18.1 Å². The Labute approximate surface area is 118 Å². The summed E-state index contributed by atoms with van der Waals surface area (Å²) in [6.07, 6.45) is 0. The molecule has 0 aliphatic heterocycles. The maximum atomic E-state index is 12.1. The number of likely N-dealkylation sites (N-methyl/N-ethyl adjacent to an activating group) is 1. The van der Waals surface area contributed by atoms with Crippen LogP contribution in [0.1, 0.15) is 24.2 Å². The number of nitro groups is 1. The van der Waals surface area contributed by atoms with Gasteiger partial charge < -0.3 is 4.74 Å². The second kappa shape index (κ2) is 8.39. The molecular formula is C14H20N2O4. The first kappa shape index (κ1) is 16.3. The number of nitrogens with zero attached hydrogens (tertiary/aromatic N) is 2. The molecule has 0 heterocycles. The smallest absolute Gasteiger partial charge is 0.269 e. The molecule has 0 N–H and O–H groups in total. The Morgan fingerprint density at radius 2 is 1.95 bits per heavy atom. The highest BCUT2D eigenvalue weighted by molar-refractivity contribution is 5.97. The quantitative estimate of drug-likeness (QED) is 0.300. The van der Waals surface area contributed by atoms with E-state index >= 15 is 0 Å². The molecule has 0 spiro atoms. The molecule has 0 saturated carbocycles. The van der Waals surface area contributed by atoms with Crippen LogP contribution in [-0.4, -0.2) is 48.5 Å². The maximum absolute atomic E-state index is 12.1. The number of ether oxygens (including phenoxy) is 1. The molecule has 0 atom stereocenters. The molecule has 0 amide bonds. The van der Waals surface area contributed by atoms with Crippen LogP contribution in [0.2, 0.25) is 0 Å². The van der Waals surface area contributed by atoms with Gasteiger partial charge in [0, 0.05) is 30.8 Å². The van der Waals surface area contributed by atoms with Crippen molar-refractivity contribution in [1.29, 1.82) is 0 Å². The van der Waals surface area contributed by atoms with Crippen LogP contribution in [0.25, 0.3) is 0 Å². The Hall–Kier alpha value is -1.79. The minimum atomic E-state index is -0.477. The Morgan fingerprint density at radius 1 is 1.30 bits per heavy atom. The lowest BCUT2D eigenvalue weighted by molar-refractivity contribution is -0.384. The van der Waals surface area contributed by atoms with Crippen LogP contribution >= 0.6 is 0 Å². The van der Waals surface area contributed by atoms with Gasteiger partial charge in [-0.15, -0.1) is 0 Å². The fourth-order valence-electron chi connectivity index (χ4n) is 1.75. The van der Waals surface area contributed by atoms with Crippen molar-refractivity contribution in [2.24, 2.45) is 0 Å². The summed E-state index contributed by atoms with van der Waals surface area (Å²) in [5, 5.41) is 10.6. The number of Topliss-reactive ketones (excluding diaryl/α,β-unsaturated/α-hetero) is 1. The van der Waals surface area contributed by atoms with Crippen LogP contribution in [0, 0.1) is 10.1 Å². The van der Waals surface area contributed by atoms with Crippen molar-refractivity contribution in [2.45, 2.75) is 13.8 Å². The van der Waals surface area contributed by atoms with E-state index in [4.69, 9.17) is 4.74 Å². The van der Waals surface area contributed by atoms with Crippen molar-refractivity contribution >= 4 is 11.5 Å². The van der Waals surface area contributed by atoms with Gasteiger partial charge in [0.1, 0.15) is 0 Å². The molecule has 110 valence electrons. The van der Waals surface area contributed by atoms with Gasteiger partial charge in [0.2, 0.25) is 0 Å². The van der Waals surface area contributed by atoms with E-state index in [2.05, 4.69) is 0 Å². The molecule has 20 heavy (non-hydrogen) atoms. The van der Waals surface area contributed by atoms with Gasteiger partial charge in [0.25, 0.3) is 5.69 Å². The van der Waals surface area contributed by atoms with Crippen molar-refractivity contribution in [3.63, 3.8) is 0 Å². The average molecular weight is 280 g/mol. The van der Waals surface area contributed by atoms with Gasteiger partial charge >= 0.3 is 0 Å². The molecule has 0 aliphatic rings. The highest BCUT2D eigenvalue weighted by Gasteiger charge is 2.13. The monoisotopic (exact) mass is 280 g/mol. The molecule has 0 aromatic heterocycles. The summed E-state index contributed by atoms with van der Waals surface area (Å²) < 4.78 is 5.27. The Balaban J connectivity index is 2.57. The zero-order valence-corrected chi connectivity index (χ0v) is 11.9. The summed E-state index contributed by atoms with van der Waals surface area (Å²) in [7, 11) is 0. The SMILES string of the molecule is CCOCCN(CC)CC(=O)c1ccc([N+](=O)[O-])cc1. The average Bonchev–Trinajstić information content (AvgIpc) is 2.46. The number of nitro benzene ring substituents is 1. The van der Waals surface area contributed by atoms with Gasteiger partial charge in [-0.25, -0.2) is 0 Å². The second-order valence-corrected chi connectivity index (χ2v) is 4.29. The molecule has 0 unspecified atom stereocenters. The van der Waals surface area contributed by atoms with Crippen LogP contribution in [0.5, 0.6) is 0 Å². The molecule has 0 aliphatic carbocycles. The highest BCUT2D eigenvalue weighted by atomic mass is 16.6. The van der Waals surface area contributed by atoms with Crippen LogP contribution in [0.3, 0.4) is 0 Å². The lowest BCUT2D eigenvalue weighted by Crippen LogP contribution is -2.32. The van der Waals surface area contributed by atoms with E-state index in [0.717, 1.165) is 6.54 Å². The standard InChI is InChI=1S/C14H20N2O4/c1-3-15(9-10-20-4-2)11-14(17)12-5-7-13(8-6-12)16(18)19/h5-8H,3-4,9-11H2,1-2H3. The summed E-state index contributed by atoms with van der Waals surface area (Å²) in [6, 6.07) is 5.70. The number of rotatable bonds is 9. The topological polar surface area (TPSA) is 72.7 Å². The van der Waals surface area contributed by atoms with E-state index in [-0.39, 0.29) is 11.5 Å². The molecule has 1 rings (SSSR count). The van der Waals surface area contributed by atoms with E-state index in [0.29, 0.717) is 31.9 Å². The number of non-ortho nitro benzene ring substituents is 1. The molecule has 6 heteroatoms. The predicted octanol–water partition coefficient (Wildman–Crippen LogP) is 2.14. The summed E-state index contributed by atoms with van der Waals surface area (Å²) in [5.74, 6) is -0.0433. The molecule has 0 saturated heterocycles. The number of carbonyl (C=O) groups excluding carboxylic acids is 1. The molecule has 6 nitrogen and oxygen atoms in total. The number of benzene rings is 1. The fraction of sp³-hybridized carbons (Fsp3) is 0.500. The van der Waals surface area contributed by atoms with Crippen molar-refractivity contribution in [2.75, 3.05) is 32.8 Å². The number of carbonyl (C=O) groups is 1. The summed E-state index contributed by atoms with van der Waals surface area (Å²) in [5.41, 5.74) is 0.482. The minimum Gasteiger partial charge on any atom is -0.380 e. The van der Waals surface area contributed by atoms with E-state index < -0.39 is 4.92 Å². The van der Waals surface area contributed by atoms with Crippen molar-refractivity contribution in [3.8, 4) is 0 Å². The number of ketones is 1. The third-order valence-electron chi connectivity index (χ3n) is 2.97. The van der Waals surface area contributed by atoms with Crippen LogP contribution in [0.15, 0.2) is 24.3 Å². The van der Waals surface area contributed by atoms with E-state index in [9.17, 15) is 14.9 Å². The zero-order valence-electron chi connectivity index (χ0n) is 11.9. The summed E-state index contributed by atoms with van der Waals surface area (Å²) >= 11 is 0. The lowest BCUT2D eigenvalue weighted by Gasteiger charge is -2.19. The van der Waals surface area contributed by atoms with Gasteiger partial charge in [-0.05, 0) is 25.6 Å². The summed E-state index contributed by atoms with van der Waals surface area (Å²) in [6.45, 7) is 6.91. The largest absolute Gasteiger partial charge is 0.380 e. The molecule has 1 aromatic rings. The lowest BCUT2D eigenvalue weighted by atomic mass is 10.1. The molecule has 0 radical (unpaired) electrons. The predicted molar refractivity (Wildman–Crippen MR) is 76.0 cm³/mol. The molecule has 0 fully saturated rings. The van der Waals surface area contributed by atoms with Gasteiger partial charge in [0.15, 0.2) is 5.78 Å². The first-order valence-corrected chi connectivity index (χ1v) is 6.66. The van der Waals surface area contributed by atoms with Crippen molar-refractivity contribution < 1.29 is 14.5 Å².